The highest BCUT2D eigenvalue weighted by Gasteiger charge is 2.40. The molecule has 0 aromatic carbocycles. The number of rotatable bonds is 2. The Bertz CT molecular complexity index is 209. The molecule has 0 bridgehead atoms. The predicted octanol–water partition coefficient (Wildman–Crippen LogP) is 0.398. The Morgan fingerprint density at radius 1 is 1.54 bits per heavy atom. The standard InChI is InChI=1S/C10H17NO2/c1-9-10(12,4-7-13-9)8-11-5-2-3-6-11/h2-3,9,12H,4-8H2,1H3. The Kier molecular flexibility index (Phi) is 2.41. The molecule has 0 spiro atoms. The Morgan fingerprint density at radius 2 is 2.23 bits per heavy atom. The lowest BCUT2D eigenvalue weighted by molar-refractivity contribution is -0.0446. The maximum Gasteiger partial charge on any atom is 0.105 e. The fraction of sp³-hybridized carbons (Fsp3) is 0.800. The van der Waals surface area contributed by atoms with Gasteiger partial charge in [-0.1, -0.05) is 12.2 Å². The van der Waals surface area contributed by atoms with Gasteiger partial charge < -0.3 is 9.84 Å². The van der Waals surface area contributed by atoms with Crippen molar-refractivity contribution in [3.05, 3.63) is 12.2 Å². The van der Waals surface area contributed by atoms with Crippen molar-refractivity contribution >= 4 is 0 Å². The molecule has 0 aromatic heterocycles. The van der Waals surface area contributed by atoms with Crippen LogP contribution in [0.2, 0.25) is 0 Å². The van der Waals surface area contributed by atoms with Gasteiger partial charge in [0.2, 0.25) is 0 Å². The second-order valence-corrected chi connectivity index (χ2v) is 4.03. The zero-order chi connectivity index (χ0) is 9.31. The van der Waals surface area contributed by atoms with Crippen molar-refractivity contribution in [3.63, 3.8) is 0 Å². The predicted molar refractivity (Wildman–Crippen MR) is 50.6 cm³/mol. The summed E-state index contributed by atoms with van der Waals surface area (Å²) in [6, 6.07) is 0. The molecule has 2 aliphatic rings. The SMILES string of the molecule is CC1OCCC1(O)CN1CC=CC1. The van der Waals surface area contributed by atoms with E-state index in [-0.39, 0.29) is 6.10 Å². The minimum absolute atomic E-state index is 0.0203. The van der Waals surface area contributed by atoms with Crippen molar-refractivity contribution in [2.45, 2.75) is 25.0 Å². The van der Waals surface area contributed by atoms with E-state index in [9.17, 15) is 5.11 Å². The summed E-state index contributed by atoms with van der Waals surface area (Å²) in [6.45, 7) is 5.32. The van der Waals surface area contributed by atoms with Crippen LogP contribution in [0.1, 0.15) is 13.3 Å². The van der Waals surface area contributed by atoms with Gasteiger partial charge in [0.05, 0.1) is 6.10 Å². The van der Waals surface area contributed by atoms with E-state index in [1.807, 2.05) is 6.92 Å². The molecule has 2 unspecified atom stereocenters. The number of ether oxygens (including phenoxy) is 1. The number of hydrogen-bond acceptors (Lipinski definition) is 3. The Hall–Kier alpha value is -0.380. The number of hydrogen-bond donors (Lipinski definition) is 1. The van der Waals surface area contributed by atoms with E-state index in [1.54, 1.807) is 0 Å². The molecule has 0 amide bonds. The molecule has 2 aliphatic heterocycles. The zero-order valence-electron chi connectivity index (χ0n) is 8.07. The van der Waals surface area contributed by atoms with Crippen molar-refractivity contribution in [1.82, 2.24) is 4.90 Å². The lowest BCUT2D eigenvalue weighted by Gasteiger charge is -2.30. The summed E-state index contributed by atoms with van der Waals surface area (Å²) in [5.41, 5.74) is -0.619. The topological polar surface area (TPSA) is 32.7 Å². The van der Waals surface area contributed by atoms with E-state index in [1.165, 1.54) is 0 Å². The van der Waals surface area contributed by atoms with E-state index < -0.39 is 5.60 Å². The van der Waals surface area contributed by atoms with Crippen LogP contribution in [0.3, 0.4) is 0 Å². The fourth-order valence-corrected chi connectivity index (χ4v) is 2.02. The summed E-state index contributed by atoms with van der Waals surface area (Å²) in [5.74, 6) is 0. The number of β-amino-alcohol motifs (C(OH)–C–C–N with tert-alkyl or cyclic N) is 1. The van der Waals surface area contributed by atoms with Gasteiger partial charge in [-0.05, 0) is 6.92 Å². The molecule has 0 aliphatic carbocycles. The summed E-state index contributed by atoms with van der Waals surface area (Å²) in [7, 11) is 0. The van der Waals surface area contributed by atoms with E-state index in [0.717, 1.165) is 26.1 Å². The molecule has 3 nitrogen and oxygen atoms in total. The van der Waals surface area contributed by atoms with Gasteiger partial charge in [-0.2, -0.15) is 0 Å². The van der Waals surface area contributed by atoms with Gasteiger partial charge in [0.25, 0.3) is 0 Å². The van der Waals surface area contributed by atoms with E-state index in [2.05, 4.69) is 17.1 Å². The van der Waals surface area contributed by atoms with Crippen LogP contribution in [-0.4, -0.2) is 48.0 Å². The molecule has 2 heterocycles. The first-order valence-electron chi connectivity index (χ1n) is 4.92. The van der Waals surface area contributed by atoms with E-state index in [0.29, 0.717) is 6.61 Å². The van der Waals surface area contributed by atoms with Crippen molar-refractivity contribution in [3.8, 4) is 0 Å². The van der Waals surface area contributed by atoms with Gasteiger partial charge in [0, 0.05) is 32.7 Å². The molecule has 0 radical (unpaired) electrons. The molecule has 0 aromatic rings. The molecule has 3 heteroatoms. The van der Waals surface area contributed by atoms with Crippen molar-refractivity contribution < 1.29 is 9.84 Å². The van der Waals surface area contributed by atoms with Crippen LogP contribution in [0.25, 0.3) is 0 Å². The Morgan fingerprint density at radius 3 is 2.77 bits per heavy atom. The first-order chi connectivity index (χ1) is 6.21. The van der Waals surface area contributed by atoms with Gasteiger partial charge >= 0.3 is 0 Å². The van der Waals surface area contributed by atoms with E-state index in [4.69, 9.17) is 4.74 Å². The molecule has 2 atom stereocenters. The van der Waals surface area contributed by atoms with Crippen LogP contribution in [0.4, 0.5) is 0 Å². The highest BCUT2D eigenvalue weighted by molar-refractivity contribution is 5.00. The fourth-order valence-electron chi connectivity index (χ4n) is 2.02. The van der Waals surface area contributed by atoms with Gasteiger partial charge in [0.1, 0.15) is 5.60 Å². The first kappa shape index (κ1) is 9.19. The molecule has 1 N–H and O–H groups in total. The normalized spacial score (nSPS) is 40.3. The summed E-state index contributed by atoms with van der Waals surface area (Å²) in [4.78, 5) is 2.24. The number of nitrogens with zero attached hydrogens (tertiary/aromatic N) is 1. The highest BCUT2D eigenvalue weighted by Crippen LogP contribution is 2.26. The molecular formula is C10H17NO2. The van der Waals surface area contributed by atoms with Crippen molar-refractivity contribution in [1.29, 1.82) is 0 Å². The molecule has 1 fully saturated rings. The van der Waals surface area contributed by atoms with Crippen LogP contribution >= 0.6 is 0 Å². The lowest BCUT2D eigenvalue weighted by atomic mass is 9.96. The molecule has 0 saturated carbocycles. The van der Waals surface area contributed by atoms with Gasteiger partial charge in [-0.15, -0.1) is 0 Å². The minimum atomic E-state index is -0.619. The van der Waals surface area contributed by atoms with Crippen molar-refractivity contribution in [2.24, 2.45) is 0 Å². The smallest absolute Gasteiger partial charge is 0.105 e. The third kappa shape index (κ3) is 1.77. The maximum absolute atomic E-state index is 10.2. The second-order valence-electron chi connectivity index (χ2n) is 4.03. The Labute approximate surface area is 79.0 Å². The Balaban J connectivity index is 1.91. The van der Waals surface area contributed by atoms with Crippen LogP contribution in [0.5, 0.6) is 0 Å². The van der Waals surface area contributed by atoms with Crippen LogP contribution in [0, 0.1) is 0 Å². The van der Waals surface area contributed by atoms with Gasteiger partial charge in [0.15, 0.2) is 0 Å². The summed E-state index contributed by atoms with van der Waals surface area (Å²) in [6.07, 6.45) is 5.03. The second kappa shape index (κ2) is 3.40. The van der Waals surface area contributed by atoms with Crippen LogP contribution in [0.15, 0.2) is 12.2 Å². The highest BCUT2D eigenvalue weighted by atomic mass is 16.5. The summed E-state index contributed by atoms with van der Waals surface area (Å²) in [5, 5.41) is 10.2. The van der Waals surface area contributed by atoms with Crippen LogP contribution in [-0.2, 0) is 4.74 Å². The van der Waals surface area contributed by atoms with Crippen molar-refractivity contribution in [2.75, 3.05) is 26.2 Å². The van der Waals surface area contributed by atoms with Crippen LogP contribution < -0.4 is 0 Å². The zero-order valence-corrected chi connectivity index (χ0v) is 8.07. The molecule has 1 saturated heterocycles. The monoisotopic (exact) mass is 183 g/mol. The quantitative estimate of drug-likeness (QED) is 0.629. The average molecular weight is 183 g/mol. The molecule has 2 rings (SSSR count). The first-order valence-corrected chi connectivity index (χ1v) is 4.92. The largest absolute Gasteiger partial charge is 0.386 e. The molecular weight excluding hydrogens is 166 g/mol. The number of aliphatic hydroxyl groups is 1. The molecule has 13 heavy (non-hydrogen) atoms. The average Bonchev–Trinajstić information content (AvgIpc) is 2.65. The third-order valence-electron chi connectivity index (χ3n) is 3.05. The van der Waals surface area contributed by atoms with Gasteiger partial charge in [-0.3, -0.25) is 4.90 Å². The summed E-state index contributed by atoms with van der Waals surface area (Å²) >= 11 is 0. The third-order valence-corrected chi connectivity index (χ3v) is 3.05. The summed E-state index contributed by atoms with van der Waals surface area (Å²) < 4.78 is 5.38. The van der Waals surface area contributed by atoms with E-state index >= 15 is 0 Å². The minimum Gasteiger partial charge on any atom is -0.386 e. The van der Waals surface area contributed by atoms with Gasteiger partial charge in [-0.25, -0.2) is 0 Å². The maximum atomic E-state index is 10.2. The molecule has 74 valence electrons. The lowest BCUT2D eigenvalue weighted by Crippen LogP contribution is -2.46.